The van der Waals surface area contributed by atoms with Crippen LogP contribution < -0.4 is 31.9 Å². The second kappa shape index (κ2) is 16.7. The van der Waals surface area contributed by atoms with Crippen molar-refractivity contribution in [3.8, 4) is 0 Å². The van der Waals surface area contributed by atoms with Gasteiger partial charge in [-0.2, -0.15) is 0 Å². The summed E-state index contributed by atoms with van der Waals surface area (Å²) in [4.78, 5) is 28.0. The summed E-state index contributed by atoms with van der Waals surface area (Å²) in [6.07, 6.45) is 0. The van der Waals surface area contributed by atoms with E-state index in [0.717, 1.165) is 22.5 Å². The van der Waals surface area contributed by atoms with Gasteiger partial charge in [0.15, 0.2) is 0 Å². The molecule has 0 aromatic heterocycles. The molecule has 0 aliphatic rings. The maximum absolute atomic E-state index is 13.5. The van der Waals surface area contributed by atoms with Gasteiger partial charge in [-0.25, -0.2) is 9.59 Å². The minimum Gasteiger partial charge on any atom is -0.346 e. The molecule has 5 aromatic carbocycles. The van der Waals surface area contributed by atoms with E-state index < -0.39 is 12.1 Å². The third-order valence-corrected chi connectivity index (χ3v) is 8.51. The lowest BCUT2D eigenvalue weighted by Crippen LogP contribution is -2.24. The maximum Gasteiger partial charge on any atom is 0.323 e. The second-order valence-electron chi connectivity index (χ2n) is 12.2. The molecule has 5 aromatic rings. The predicted molar refractivity (Wildman–Crippen MR) is 216 cm³/mol. The minimum absolute atomic E-state index is 0.0885. The number of para-hydroxylation sites is 4. The van der Waals surface area contributed by atoms with Gasteiger partial charge in [-0.05, 0) is 77.6 Å². The zero-order valence-corrected chi connectivity index (χ0v) is 30.0. The number of carbonyl (C=O) groups is 2. The molecule has 0 bridgehead atoms. The summed E-state index contributed by atoms with van der Waals surface area (Å²) in [5, 5.41) is 18.4. The van der Waals surface area contributed by atoms with Crippen LogP contribution in [0.25, 0.3) is 0 Å². The van der Waals surface area contributed by atoms with Gasteiger partial charge >= 0.3 is 12.1 Å². The van der Waals surface area contributed by atoms with Crippen molar-refractivity contribution in [3.05, 3.63) is 144 Å². The van der Waals surface area contributed by atoms with E-state index in [9.17, 15) is 9.59 Å². The highest BCUT2D eigenvalue weighted by Gasteiger charge is 2.19. The number of anilines is 6. The van der Waals surface area contributed by atoms with Crippen LogP contribution in [0.15, 0.2) is 121 Å². The zero-order valence-electron chi connectivity index (χ0n) is 28.3. The Labute approximate surface area is 304 Å². The summed E-state index contributed by atoms with van der Waals surface area (Å²) in [5.74, 6) is 0.177. The van der Waals surface area contributed by atoms with Crippen molar-refractivity contribution in [2.45, 2.75) is 39.5 Å². The monoisotopic (exact) mass is 700 g/mol. The van der Waals surface area contributed by atoms with Crippen LogP contribution in [-0.4, -0.2) is 22.0 Å². The fourth-order valence-corrected chi connectivity index (χ4v) is 5.97. The fraction of sp³-hybridized carbons (Fsp3) is 0.150. The first-order chi connectivity index (χ1) is 24.1. The standard InChI is InChI=1S/C40H40N6O2S2/c1-25(2)31-23-32(26(3)4)36(46-40(48)44-34-22-14-12-20-30(34)38(50)42-28-17-9-6-10-18-28)24-35(31)45-39(47)43-33-21-13-11-19-29(33)37(49)41-27-15-7-5-8-16-27/h5-26H,1-4H3,(H,41,49)(H,42,50)(H2,43,45,47)(H2,44,46,48). The molecule has 8 nitrogen and oxygen atoms in total. The van der Waals surface area contributed by atoms with Crippen LogP contribution in [-0.2, 0) is 0 Å². The third kappa shape index (κ3) is 9.31. The van der Waals surface area contributed by atoms with Crippen LogP contribution in [0.2, 0.25) is 0 Å². The predicted octanol–water partition coefficient (Wildman–Crippen LogP) is 10.8. The summed E-state index contributed by atoms with van der Waals surface area (Å²) in [6, 6.07) is 36.9. The van der Waals surface area contributed by atoms with E-state index in [2.05, 4.69) is 59.6 Å². The Kier molecular flexibility index (Phi) is 11.9. The number of rotatable bonds is 10. The highest BCUT2D eigenvalue weighted by molar-refractivity contribution is 7.81. The zero-order chi connectivity index (χ0) is 35.6. The van der Waals surface area contributed by atoms with Gasteiger partial charge in [0.2, 0.25) is 0 Å². The SMILES string of the molecule is CC(C)c1cc(C(C)C)c(NC(=O)Nc2ccccc2C(=S)Nc2ccccc2)cc1NC(=O)Nc1ccccc1C(=S)Nc1ccccc1. The molecule has 0 saturated carbocycles. The molecule has 4 amide bonds. The van der Waals surface area contributed by atoms with Gasteiger partial charge in [-0.3, -0.25) is 0 Å². The van der Waals surface area contributed by atoms with Gasteiger partial charge in [0.25, 0.3) is 0 Å². The number of urea groups is 2. The smallest absolute Gasteiger partial charge is 0.323 e. The Morgan fingerprint density at radius 2 is 0.780 bits per heavy atom. The van der Waals surface area contributed by atoms with E-state index in [1.807, 2.05) is 109 Å². The molecule has 0 spiro atoms. The largest absolute Gasteiger partial charge is 0.346 e. The minimum atomic E-state index is -0.442. The van der Waals surface area contributed by atoms with E-state index in [0.29, 0.717) is 43.9 Å². The average Bonchev–Trinajstić information content (AvgIpc) is 3.09. The van der Waals surface area contributed by atoms with Crippen molar-refractivity contribution < 1.29 is 9.59 Å². The summed E-state index contributed by atoms with van der Waals surface area (Å²) >= 11 is 11.4. The summed E-state index contributed by atoms with van der Waals surface area (Å²) in [5.41, 5.74) is 7.20. The highest BCUT2D eigenvalue weighted by atomic mass is 32.1. The van der Waals surface area contributed by atoms with Crippen molar-refractivity contribution in [3.63, 3.8) is 0 Å². The summed E-state index contributed by atoms with van der Waals surface area (Å²) < 4.78 is 0. The van der Waals surface area contributed by atoms with Crippen LogP contribution in [0.1, 0.15) is 61.8 Å². The number of amides is 4. The van der Waals surface area contributed by atoms with Crippen LogP contribution in [0.4, 0.5) is 43.7 Å². The molecule has 0 heterocycles. The first-order valence-electron chi connectivity index (χ1n) is 16.3. The topological polar surface area (TPSA) is 106 Å². The number of benzene rings is 5. The van der Waals surface area contributed by atoms with Gasteiger partial charge in [0.05, 0.1) is 11.4 Å². The van der Waals surface area contributed by atoms with E-state index in [1.165, 1.54) is 0 Å². The summed E-state index contributed by atoms with van der Waals surface area (Å²) in [6.45, 7) is 8.26. The van der Waals surface area contributed by atoms with Gasteiger partial charge in [-0.1, -0.05) is 119 Å². The lowest BCUT2D eigenvalue weighted by Gasteiger charge is -2.22. The molecule has 10 heteroatoms. The molecule has 0 unspecified atom stereocenters. The summed E-state index contributed by atoms with van der Waals surface area (Å²) in [7, 11) is 0. The lowest BCUT2D eigenvalue weighted by molar-refractivity contribution is 0.261. The maximum atomic E-state index is 13.5. The quantitative estimate of drug-likeness (QED) is 0.0810. The van der Waals surface area contributed by atoms with Crippen molar-refractivity contribution in [2.75, 3.05) is 31.9 Å². The number of carbonyl (C=O) groups excluding carboxylic acids is 2. The molecular weight excluding hydrogens is 661 g/mol. The van der Waals surface area contributed by atoms with Gasteiger partial charge in [-0.15, -0.1) is 0 Å². The fourth-order valence-electron chi connectivity index (χ4n) is 5.38. The molecular formula is C40H40N6O2S2. The van der Waals surface area contributed by atoms with E-state index in [-0.39, 0.29) is 11.8 Å². The molecule has 6 N–H and O–H groups in total. The van der Waals surface area contributed by atoms with Crippen molar-refractivity contribution >= 4 is 80.6 Å². The Bertz CT molecular complexity index is 1860. The van der Waals surface area contributed by atoms with E-state index in [1.54, 1.807) is 12.1 Å². The van der Waals surface area contributed by atoms with E-state index in [4.69, 9.17) is 24.4 Å². The molecule has 0 atom stereocenters. The number of hydrogen-bond acceptors (Lipinski definition) is 4. The Morgan fingerprint density at radius 1 is 0.440 bits per heavy atom. The van der Waals surface area contributed by atoms with Gasteiger partial charge in [0.1, 0.15) is 9.98 Å². The number of hydrogen-bond donors (Lipinski definition) is 6. The van der Waals surface area contributed by atoms with Gasteiger partial charge in [0, 0.05) is 33.9 Å². The Morgan fingerprint density at radius 3 is 1.16 bits per heavy atom. The normalized spacial score (nSPS) is 10.7. The first-order valence-corrected chi connectivity index (χ1v) is 17.2. The number of nitrogens with one attached hydrogen (secondary N) is 6. The van der Waals surface area contributed by atoms with Crippen molar-refractivity contribution in [2.24, 2.45) is 0 Å². The van der Waals surface area contributed by atoms with Crippen molar-refractivity contribution in [1.29, 1.82) is 0 Å². The molecule has 0 aliphatic carbocycles. The second-order valence-corrected chi connectivity index (χ2v) is 13.0. The van der Waals surface area contributed by atoms with Crippen LogP contribution in [0.5, 0.6) is 0 Å². The molecule has 5 rings (SSSR count). The lowest BCUT2D eigenvalue weighted by atomic mass is 9.92. The molecule has 254 valence electrons. The van der Waals surface area contributed by atoms with Crippen LogP contribution in [0.3, 0.4) is 0 Å². The average molecular weight is 701 g/mol. The molecule has 0 fully saturated rings. The van der Waals surface area contributed by atoms with Crippen molar-refractivity contribution in [1.82, 2.24) is 0 Å². The number of thiocarbonyl (C=S) groups is 2. The van der Waals surface area contributed by atoms with Crippen LogP contribution >= 0.6 is 24.4 Å². The highest BCUT2D eigenvalue weighted by Crippen LogP contribution is 2.35. The molecule has 0 radical (unpaired) electrons. The molecule has 0 aliphatic heterocycles. The van der Waals surface area contributed by atoms with Crippen LogP contribution in [0, 0.1) is 0 Å². The van der Waals surface area contributed by atoms with E-state index >= 15 is 0 Å². The third-order valence-electron chi connectivity index (χ3n) is 7.87. The Balaban J connectivity index is 1.35. The molecule has 0 saturated heterocycles. The first kappa shape index (κ1) is 35.7. The van der Waals surface area contributed by atoms with Gasteiger partial charge < -0.3 is 31.9 Å². The Hall–Kier alpha value is -5.58. The molecule has 50 heavy (non-hydrogen) atoms.